The maximum absolute atomic E-state index is 13.4. The van der Waals surface area contributed by atoms with Crippen molar-refractivity contribution in [2.45, 2.75) is 49.9 Å². The number of hydrogen-bond acceptors (Lipinski definition) is 4. The lowest BCUT2D eigenvalue weighted by Crippen LogP contribution is -2.45. The number of nitrogens with zero attached hydrogens (tertiary/aromatic N) is 1. The Morgan fingerprint density at radius 2 is 2.18 bits per heavy atom. The Morgan fingerprint density at radius 1 is 1.36 bits per heavy atom. The standard InChI is InChI=1S/C19H20F3N3O3/c20-19(21,22)17(13-3-1-9-23-12-13)24-15(26)5-7-18(8-6-16(27)25-18)11-14-4-2-10-28-14/h1-4,9-10,12,17H,5-8,11H2,(H,24,26)(H,25,27). The topological polar surface area (TPSA) is 84.2 Å². The molecule has 2 N–H and O–H groups in total. The summed E-state index contributed by atoms with van der Waals surface area (Å²) in [4.78, 5) is 27.7. The van der Waals surface area contributed by atoms with Gasteiger partial charge in [-0.05, 0) is 31.0 Å². The van der Waals surface area contributed by atoms with E-state index in [9.17, 15) is 22.8 Å². The van der Waals surface area contributed by atoms with Crippen LogP contribution in [0.2, 0.25) is 0 Å². The minimum atomic E-state index is -4.65. The molecule has 0 bridgehead atoms. The van der Waals surface area contributed by atoms with Gasteiger partial charge in [-0.3, -0.25) is 14.6 Å². The van der Waals surface area contributed by atoms with Gasteiger partial charge >= 0.3 is 6.18 Å². The summed E-state index contributed by atoms with van der Waals surface area (Å²) < 4.78 is 45.4. The van der Waals surface area contributed by atoms with Crippen molar-refractivity contribution < 1.29 is 27.2 Å². The molecule has 9 heteroatoms. The van der Waals surface area contributed by atoms with Gasteiger partial charge in [0.1, 0.15) is 5.76 Å². The van der Waals surface area contributed by atoms with Gasteiger partial charge in [0.25, 0.3) is 0 Å². The lowest BCUT2D eigenvalue weighted by molar-refractivity contribution is -0.163. The number of aromatic nitrogens is 1. The highest BCUT2D eigenvalue weighted by Crippen LogP contribution is 2.33. The summed E-state index contributed by atoms with van der Waals surface area (Å²) in [5.41, 5.74) is -0.836. The van der Waals surface area contributed by atoms with Crippen LogP contribution in [-0.2, 0) is 16.0 Å². The first kappa shape index (κ1) is 19.9. The highest BCUT2D eigenvalue weighted by atomic mass is 19.4. The number of nitrogens with one attached hydrogen (secondary N) is 2. The molecule has 0 aromatic carbocycles. The first-order valence-electron chi connectivity index (χ1n) is 8.87. The summed E-state index contributed by atoms with van der Waals surface area (Å²) in [6.07, 6.45) is 0.532. The number of pyridine rings is 1. The molecule has 1 fully saturated rings. The molecular weight excluding hydrogens is 375 g/mol. The summed E-state index contributed by atoms with van der Waals surface area (Å²) in [7, 11) is 0. The van der Waals surface area contributed by atoms with Crippen LogP contribution in [0.4, 0.5) is 13.2 Å². The Morgan fingerprint density at radius 3 is 2.75 bits per heavy atom. The second-order valence-electron chi connectivity index (χ2n) is 6.91. The Bertz CT molecular complexity index is 809. The van der Waals surface area contributed by atoms with Crippen molar-refractivity contribution in [1.82, 2.24) is 15.6 Å². The maximum atomic E-state index is 13.4. The molecule has 1 aliphatic rings. The normalized spacial score (nSPS) is 20.6. The van der Waals surface area contributed by atoms with Gasteiger partial charge in [0.2, 0.25) is 11.8 Å². The molecule has 0 saturated carbocycles. The lowest BCUT2D eigenvalue weighted by Gasteiger charge is -2.29. The number of furan rings is 1. The molecule has 2 amide bonds. The molecule has 3 rings (SSSR count). The Hall–Kier alpha value is -2.84. The SMILES string of the molecule is O=C(CCC1(Cc2ccco2)CCC(=O)N1)NC(c1cccnc1)C(F)(F)F. The molecule has 2 aromatic rings. The molecule has 2 atom stereocenters. The molecule has 150 valence electrons. The minimum Gasteiger partial charge on any atom is -0.469 e. The van der Waals surface area contributed by atoms with Gasteiger partial charge in [0.15, 0.2) is 6.04 Å². The van der Waals surface area contributed by atoms with Gasteiger partial charge in [0.05, 0.1) is 6.26 Å². The average molecular weight is 395 g/mol. The molecule has 1 aliphatic heterocycles. The van der Waals surface area contributed by atoms with E-state index in [2.05, 4.69) is 10.3 Å². The quantitative estimate of drug-likeness (QED) is 0.755. The molecule has 6 nitrogen and oxygen atoms in total. The summed E-state index contributed by atoms with van der Waals surface area (Å²) in [5.74, 6) is -0.243. The van der Waals surface area contributed by atoms with Gasteiger partial charge < -0.3 is 15.1 Å². The van der Waals surface area contributed by atoms with E-state index in [0.29, 0.717) is 25.0 Å². The third kappa shape index (κ3) is 4.90. The van der Waals surface area contributed by atoms with Crippen molar-refractivity contribution in [3.63, 3.8) is 0 Å². The van der Waals surface area contributed by atoms with Crippen LogP contribution >= 0.6 is 0 Å². The molecule has 3 heterocycles. The zero-order valence-electron chi connectivity index (χ0n) is 15.0. The highest BCUT2D eigenvalue weighted by molar-refractivity contribution is 5.80. The molecule has 0 spiro atoms. The van der Waals surface area contributed by atoms with Gasteiger partial charge in [0, 0.05) is 42.8 Å². The number of hydrogen-bond donors (Lipinski definition) is 2. The van der Waals surface area contributed by atoms with Crippen LogP contribution in [0.25, 0.3) is 0 Å². The number of alkyl halides is 3. The van der Waals surface area contributed by atoms with Crippen LogP contribution < -0.4 is 10.6 Å². The number of halogens is 3. The van der Waals surface area contributed by atoms with Gasteiger partial charge in [-0.15, -0.1) is 0 Å². The second-order valence-corrected chi connectivity index (χ2v) is 6.91. The minimum absolute atomic E-state index is 0.136. The van der Waals surface area contributed by atoms with Crippen LogP contribution in [0.5, 0.6) is 0 Å². The second kappa shape index (κ2) is 8.04. The third-order valence-corrected chi connectivity index (χ3v) is 4.81. The van der Waals surface area contributed by atoms with E-state index in [1.54, 1.807) is 12.1 Å². The van der Waals surface area contributed by atoms with Crippen LogP contribution in [0, 0.1) is 0 Å². The van der Waals surface area contributed by atoms with Crippen LogP contribution in [0.15, 0.2) is 47.3 Å². The molecule has 2 unspecified atom stereocenters. The molecular formula is C19H20F3N3O3. The van der Waals surface area contributed by atoms with Gasteiger partial charge in [-0.25, -0.2) is 0 Å². The predicted octanol–water partition coefficient (Wildman–Crippen LogP) is 3.07. The molecule has 0 radical (unpaired) electrons. The Kier molecular flexibility index (Phi) is 5.71. The fourth-order valence-corrected chi connectivity index (χ4v) is 3.42. The first-order valence-corrected chi connectivity index (χ1v) is 8.87. The third-order valence-electron chi connectivity index (χ3n) is 4.81. The summed E-state index contributed by atoms with van der Waals surface area (Å²) in [6.45, 7) is 0. The smallest absolute Gasteiger partial charge is 0.412 e. The number of carbonyl (C=O) groups is 2. The van der Waals surface area contributed by atoms with Crippen molar-refractivity contribution >= 4 is 11.8 Å². The highest BCUT2D eigenvalue weighted by Gasteiger charge is 2.43. The zero-order chi connectivity index (χ0) is 20.2. The fourth-order valence-electron chi connectivity index (χ4n) is 3.42. The largest absolute Gasteiger partial charge is 0.469 e. The number of rotatable bonds is 7. The summed E-state index contributed by atoms with van der Waals surface area (Å²) >= 11 is 0. The fraction of sp³-hybridized carbons (Fsp3) is 0.421. The lowest BCUT2D eigenvalue weighted by atomic mass is 9.87. The van der Waals surface area contributed by atoms with E-state index >= 15 is 0 Å². The van der Waals surface area contributed by atoms with Crippen molar-refractivity contribution in [1.29, 1.82) is 0 Å². The van der Waals surface area contributed by atoms with E-state index in [-0.39, 0.29) is 24.3 Å². The van der Waals surface area contributed by atoms with Crippen LogP contribution in [-0.4, -0.2) is 28.5 Å². The zero-order valence-corrected chi connectivity index (χ0v) is 15.0. The predicted molar refractivity (Wildman–Crippen MR) is 92.9 cm³/mol. The first-order chi connectivity index (χ1) is 13.3. The molecule has 2 aromatic heterocycles. The summed E-state index contributed by atoms with van der Waals surface area (Å²) in [5, 5.41) is 4.91. The van der Waals surface area contributed by atoms with E-state index in [1.165, 1.54) is 24.6 Å². The molecule has 28 heavy (non-hydrogen) atoms. The number of amides is 2. The molecule has 1 saturated heterocycles. The van der Waals surface area contributed by atoms with Gasteiger partial charge in [-0.1, -0.05) is 6.07 Å². The number of carbonyl (C=O) groups excluding carboxylic acids is 2. The van der Waals surface area contributed by atoms with E-state index in [0.717, 1.165) is 6.20 Å². The Balaban J connectivity index is 1.66. The summed E-state index contributed by atoms with van der Waals surface area (Å²) in [6, 6.07) is 3.99. The average Bonchev–Trinajstić information content (AvgIpc) is 3.28. The van der Waals surface area contributed by atoms with Crippen LogP contribution in [0.1, 0.15) is 43.0 Å². The van der Waals surface area contributed by atoms with Crippen molar-refractivity contribution in [2.75, 3.05) is 0 Å². The monoisotopic (exact) mass is 395 g/mol. The van der Waals surface area contributed by atoms with Gasteiger partial charge in [-0.2, -0.15) is 13.2 Å². The van der Waals surface area contributed by atoms with E-state index in [1.807, 2.05) is 5.32 Å². The Labute approximate surface area is 159 Å². The molecule has 0 aliphatic carbocycles. The maximum Gasteiger partial charge on any atom is 0.412 e. The van der Waals surface area contributed by atoms with Crippen molar-refractivity contribution in [3.05, 3.63) is 54.2 Å². The van der Waals surface area contributed by atoms with E-state index < -0.39 is 23.7 Å². The van der Waals surface area contributed by atoms with Crippen molar-refractivity contribution in [3.8, 4) is 0 Å². The van der Waals surface area contributed by atoms with Crippen LogP contribution in [0.3, 0.4) is 0 Å². The van der Waals surface area contributed by atoms with Crippen molar-refractivity contribution in [2.24, 2.45) is 0 Å². The van der Waals surface area contributed by atoms with E-state index in [4.69, 9.17) is 4.42 Å².